The molecule has 4 heteroatoms. The van der Waals surface area contributed by atoms with E-state index < -0.39 is 0 Å². The van der Waals surface area contributed by atoms with Gasteiger partial charge in [0.15, 0.2) is 0 Å². The molecule has 0 spiro atoms. The summed E-state index contributed by atoms with van der Waals surface area (Å²) in [5.74, 6) is 0. The van der Waals surface area contributed by atoms with Crippen molar-refractivity contribution in [2.24, 2.45) is 5.73 Å². The highest BCUT2D eigenvalue weighted by Crippen LogP contribution is 2.20. The molecule has 0 aromatic carbocycles. The zero-order valence-electron chi connectivity index (χ0n) is 7.39. The average Bonchev–Trinajstić information content (AvgIpc) is 1.92. The van der Waals surface area contributed by atoms with Gasteiger partial charge in [0.2, 0.25) is 0 Å². The average molecular weight is 186 g/mol. The van der Waals surface area contributed by atoms with Gasteiger partial charge in [-0.05, 0) is 19.9 Å². The van der Waals surface area contributed by atoms with Crippen LogP contribution in [0.15, 0.2) is 11.8 Å². The van der Waals surface area contributed by atoms with Crippen molar-refractivity contribution < 1.29 is 4.74 Å². The number of morpholine rings is 1. The molecule has 1 aliphatic heterocycles. The van der Waals surface area contributed by atoms with Gasteiger partial charge in [0, 0.05) is 12.2 Å². The van der Waals surface area contributed by atoms with E-state index >= 15 is 0 Å². The van der Waals surface area contributed by atoms with E-state index in [-0.39, 0.29) is 5.60 Å². The molecule has 0 aromatic heterocycles. The van der Waals surface area contributed by atoms with Crippen molar-refractivity contribution in [3.8, 4) is 0 Å². The first-order chi connectivity index (χ1) is 5.52. The third-order valence-electron chi connectivity index (χ3n) is 1.82. The Morgan fingerprint density at radius 1 is 1.75 bits per heavy atom. The van der Waals surface area contributed by atoms with E-state index in [0.29, 0.717) is 4.99 Å². The molecule has 0 unspecified atom stereocenters. The summed E-state index contributed by atoms with van der Waals surface area (Å²) < 4.78 is 5.53. The third-order valence-corrected chi connectivity index (χ3v) is 1.93. The van der Waals surface area contributed by atoms with Gasteiger partial charge in [0.05, 0.1) is 11.6 Å². The molecule has 1 heterocycles. The van der Waals surface area contributed by atoms with Crippen LogP contribution in [-0.4, -0.2) is 23.7 Å². The fraction of sp³-hybridized carbons (Fsp3) is 0.625. The van der Waals surface area contributed by atoms with Crippen molar-refractivity contribution in [2.45, 2.75) is 19.4 Å². The van der Waals surface area contributed by atoms with E-state index in [0.717, 1.165) is 18.8 Å². The molecular weight excluding hydrogens is 172 g/mol. The lowest BCUT2D eigenvalue weighted by Crippen LogP contribution is -2.43. The van der Waals surface area contributed by atoms with Crippen molar-refractivity contribution >= 4 is 17.2 Å². The highest BCUT2D eigenvalue weighted by molar-refractivity contribution is 7.80. The molecule has 68 valence electrons. The number of nitrogens with two attached hydrogens (primary N) is 1. The molecule has 0 radical (unpaired) electrons. The van der Waals surface area contributed by atoms with Crippen molar-refractivity contribution in [3.05, 3.63) is 11.8 Å². The second kappa shape index (κ2) is 3.41. The maximum atomic E-state index is 5.53. The van der Waals surface area contributed by atoms with Gasteiger partial charge in [0.25, 0.3) is 0 Å². The normalized spacial score (nSPS) is 25.0. The molecule has 1 rings (SSSR count). The first-order valence-corrected chi connectivity index (χ1v) is 4.32. The van der Waals surface area contributed by atoms with Gasteiger partial charge in [0.1, 0.15) is 5.60 Å². The van der Waals surface area contributed by atoms with Crippen LogP contribution < -0.4 is 11.1 Å². The van der Waals surface area contributed by atoms with Crippen molar-refractivity contribution in [3.63, 3.8) is 0 Å². The number of hydrogen-bond donors (Lipinski definition) is 2. The van der Waals surface area contributed by atoms with Crippen LogP contribution in [0.4, 0.5) is 0 Å². The summed E-state index contributed by atoms with van der Waals surface area (Å²) in [6, 6.07) is 0. The van der Waals surface area contributed by atoms with Gasteiger partial charge in [-0.15, -0.1) is 0 Å². The van der Waals surface area contributed by atoms with E-state index in [9.17, 15) is 0 Å². The second-order valence-corrected chi connectivity index (χ2v) is 3.72. The van der Waals surface area contributed by atoms with E-state index in [2.05, 4.69) is 5.32 Å². The molecule has 1 aliphatic rings. The summed E-state index contributed by atoms with van der Waals surface area (Å²) >= 11 is 4.78. The quantitative estimate of drug-likeness (QED) is 0.464. The zero-order valence-corrected chi connectivity index (χ0v) is 8.20. The molecule has 12 heavy (non-hydrogen) atoms. The minimum atomic E-state index is -0.290. The Hall–Kier alpha value is -0.610. The van der Waals surface area contributed by atoms with Crippen LogP contribution in [0.3, 0.4) is 0 Å². The summed E-state index contributed by atoms with van der Waals surface area (Å²) in [5.41, 5.74) is 6.07. The Morgan fingerprint density at radius 3 is 2.92 bits per heavy atom. The van der Waals surface area contributed by atoms with E-state index in [1.54, 1.807) is 6.08 Å². The van der Waals surface area contributed by atoms with Gasteiger partial charge >= 0.3 is 0 Å². The number of nitrogens with one attached hydrogen (secondary N) is 1. The Labute approximate surface area is 78.0 Å². The Kier molecular flexibility index (Phi) is 2.69. The van der Waals surface area contributed by atoms with Gasteiger partial charge in [-0.25, -0.2) is 0 Å². The van der Waals surface area contributed by atoms with Gasteiger partial charge < -0.3 is 15.8 Å². The maximum Gasteiger partial charge on any atom is 0.102 e. The minimum absolute atomic E-state index is 0.290. The number of ether oxygens (including phenoxy) is 1. The monoisotopic (exact) mass is 186 g/mol. The van der Waals surface area contributed by atoms with E-state index in [4.69, 9.17) is 22.7 Å². The van der Waals surface area contributed by atoms with E-state index in [1.165, 1.54) is 0 Å². The molecule has 0 amide bonds. The maximum absolute atomic E-state index is 5.53. The first kappa shape index (κ1) is 9.48. The molecule has 0 saturated carbocycles. The van der Waals surface area contributed by atoms with E-state index in [1.807, 2.05) is 13.8 Å². The highest BCUT2D eigenvalue weighted by Gasteiger charge is 2.27. The molecule has 1 saturated heterocycles. The van der Waals surface area contributed by atoms with Crippen LogP contribution in [0.1, 0.15) is 13.8 Å². The Bertz CT molecular complexity index is 223. The van der Waals surface area contributed by atoms with Crippen molar-refractivity contribution in [1.82, 2.24) is 5.32 Å². The predicted octanol–water partition coefficient (Wildman–Crippen LogP) is 0.555. The molecule has 0 aromatic rings. The SMILES string of the molecule is CC1(C)OCCN/C1=C\C(N)=S. The Balaban J connectivity index is 2.79. The largest absolute Gasteiger partial charge is 0.390 e. The highest BCUT2D eigenvalue weighted by atomic mass is 32.1. The van der Waals surface area contributed by atoms with Crippen LogP contribution in [0.25, 0.3) is 0 Å². The fourth-order valence-electron chi connectivity index (χ4n) is 1.15. The summed E-state index contributed by atoms with van der Waals surface area (Å²) in [7, 11) is 0. The molecule has 0 bridgehead atoms. The fourth-order valence-corrected chi connectivity index (χ4v) is 1.27. The second-order valence-electron chi connectivity index (χ2n) is 3.25. The lowest BCUT2D eigenvalue weighted by Gasteiger charge is -2.34. The molecular formula is C8H14N2OS. The van der Waals surface area contributed by atoms with Gasteiger partial charge in [-0.3, -0.25) is 0 Å². The molecule has 0 atom stereocenters. The molecule has 3 nitrogen and oxygen atoms in total. The van der Waals surface area contributed by atoms with Crippen molar-refractivity contribution in [2.75, 3.05) is 13.2 Å². The molecule has 1 fully saturated rings. The summed E-state index contributed by atoms with van der Waals surface area (Å²) in [6.45, 7) is 5.52. The number of thiocarbonyl (C=S) groups is 1. The number of rotatable bonds is 1. The van der Waals surface area contributed by atoms with Gasteiger partial charge in [-0.2, -0.15) is 0 Å². The predicted molar refractivity (Wildman–Crippen MR) is 52.9 cm³/mol. The molecule has 0 aliphatic carbocycles. The molecule has 3 N–H and O–H groups in total. The lowest BCUT2D eigenvalue weighted by molar-refractivity contribution is -0.0116. The van der Waals surface area contributed by atoms with Crippen LogP contribution in [-0.2, 0) is 4.74 Å². The third kappa shape index (κ3) is 2.19. The summed E-state index contributed by atoms with van der Waals surface area (Å²) in [6.07, 6.45) is 1.74. The minimum Gasteiger partial charge on any atom is -0.390 e. The van der Waals surface area contributed by atoms with Crippen LogP contribution in [0.5, 0.6) is 0 Å². The standard InChI is InChI=1S/C8H14N2OS/c1-8(2)6(5-7(9)12)10-3-4-11-8/h5,10H,3-4H2,1-2H3,(H2,9,12)/b6-5-. The number of hydrogen-bond acceptors (Lipinski definition) is 3. The van der Waals surface area contributed by atoms with Crippen LogP contribution >= 0.6 is 12.2 Å². The summed E-state index contributed by atoms with van der Waals surface area (Å²) in [4.78, 5) is 0.385. The first-order valence-electron chi connectivity index (χ1n) is 3.92. The summed E-state index contributed by atoms with van der Waals surface area (Å²) in [5, 5.41) is 3.21. The van der Waals surface area contributed by atoms with Crippen LogP contribution in [0.2, 0.25) is 0 Å². The smallest absolute Gasteiger partial charge is 0.102 e. The van der Waals surface area contributed by atoms with Crippen LogP contribution in [0, 0.1) is 0 Å². The van der Waals surface area contributed by atoms with Crippen molar-refractivity contribution in [1.29, 1.82) is 0 Å². The zero-order chi connectivity index (χ0) is 9.19. The lowest BCUT2D eigenvalue weighted by atomic mass is 10.0. The van der Waals surface area contributed by atoms with Gasteiger partial charge in [-0.1, -0.05) is 12.2 Å². The Morgan fingerprint density at radius 2 is 2.42 bits per heavy atom. The topological polar surface area (TPSA) is 47.3 Å².